The van der Waals surface area contributed by atoms with Crippen LogP contribution in [0.4, 0.5) is 8.78 Å². The van der Waals surface area contributed by atoms with Gasteiger partial charge in [-0.05, 0) is 104 Å². The van der Waals surface area contributed by atoms with Gasteiger partial charge >= 0.3 is 0 Å². The summed E-state index contributed by atoms with van der Waals surface area (Å²) in [5.74, 6) is 3.01. The molecule has 53 heavy (non-hydrogen) atoms. The molecule has 0 saturated heterocycles. The van der Waals surface area contributed by atoms with E-state index >= 15 is 0 Å². The average molecular weight is 758 g/mol. The van der Waals surface area contributed by atoms with Crippen molar-refractivity contribution in [1.29, 1.82) is 0 Å². The Morgan fingerprint density at radius 3 is 2.42 bits per heavy atom. The smallest absolute Gasteiger partial charge is 0.153 e. The highest BCUT2D eigenvalue weighted by atomic mass is 35.5. The molecule has 0 aliphatic heterocycles. The second kappa shape index (κ2) is 14.5. The largest absolute Gasteiger partial charge is 0.508 e. The van der Waals surface area contributed by atoms with Crippen molar-refractivity contribution in [2.45, 2.75) is 63.7 Å². The van der Waals surface area contributed by atoms with Crippen LogP contribution in [0.15, 0.2) is 66.2 Å². The van der Waals surface area contributed by atoms with E-state index in [1.807, 2.05) is 13.0 Å². The van der Waals surface area contributed by atoms with Crippen molar-refractivity contribution in [3.63, 3.8) is 0 Å². The van der Waals surface area contributed by atoms with E-state index in [-0.39, 0.29) is 42.2 Å². The number of allylic oxidation sites excluding steroid dienone is 2. The highest BCUT2D eigenvalue weighted by Gasteiger charge is 2.28. The summed E-state index contributed by atoms with van der Waals surface area (Å²) in [4.78, 5) is 19.1. The number of aromatic nitrogens is 3. The molecule has 0 spiro atoms. The topological polar surface area (TPSA) is 122 Å². The number of Topliss-reactive ketones (excluding diaryl/α,β-unsaturated/α-hetero) is 1. The van der Waals surface area contributed by atoms with E-state index in [4.69, 9.17) is 16.6 Å². The van der Waals surface area contributed by atoms with Gasteiger partial charge in [-0.15, -0.1) is 0 Å². The number of carbonyl (C=O) groups excluding carboxylic acids is 1. The Labute approximate surface area is 312 Å². The predicted octanol–water partition coefficient (Wildman–Crippen LogP) is 7.64. The summed E-state index contributed by atoms with van der Waals surface area (Å²) in [7, 11) is -1.81. The van der Waals surface area contributed by atoms with Gasteiger partial charge in [0.15, 0.2) is 9.84 Å². The molecule has 3 aromatic carbocycles. The van der Waals surface area contributed by atoms with Gasteiger partial charge in [0.05, 0.1) is 27.7 Å². The number of hydrogen-bond donors (Lipinski definition) is 2. The van der Waals surface area contributed by atoms with Crippen LogP contribution in [0.2, 0.25) is 5.02 Å². The first-order valence-electron chi connectivity index (χ1n) is 16.9. The number of benzene rings is 3. The highest BCUT2D eigenvalue weighted by Crippen LogP contribution is 2.41. The maximum absolute atomic E-state index is 14.6. The van der Waals surface area contributed by atoms with E-state index in [0.717, 1.165) is 34.6 Å². The quantitative estimate of drug-likeness (QED) is 0.141. The fraction of sp³-hybridized carbons (Fsp3) is 0.293. The van der Waals surface area contributed by atoms with Crippen LogP contribution in [-0.4, -0.2) is 51.0 Å². The minimum atomic E-state index is -3.48. The van der Waals surface area contributed by atoms with Gasteiger partial charge in [-0.2, -0.15) is 5.10 Å². The molecule has 2 aromatic heterocycles. The molecule has 0 amide bonds. The van der Waals surface area contributed by atoms with E-state index in [1.54, 1.807) is 48.1 Å². The van der Waals surface area contributed by atoms with Crippen molar-refractivity contribution in [2.24, 2.45) is 7.05 Å². The number of hydrogen-bond acceptors (Lipinski definition) is 7. The normalized spacial score (nSPS) is 13.6. The van der Waals surface area contributed by atoms with Gasteiger partial charge in [0.25, 0.3) is 0 Å². The first kappa shape index (κ1) is 37.9. The molecule has 12 heteroatoms. The van der Waals surface area contributed by atoms with Crippen molar-refractivity contribution in [3.8, 4) is 28.7 Å². The third-order valence-corrected chi connectivity index (χ3v) is 10.3. The number of aromatic hydroxyl groups is 1. The van der Waals surface area contributed by atoms with Gasteiger partial charge in [0.2, 0.25) is 0 Å². The number of phenols is 1. The lowest BCUT2D eigenvalue weighted by Gasteiger charge is -2.21. The zero-order valence-electron chi connectivity index (χ0n) is 29.9. The molecule has 0 saturated carbocycles. The fourth-order valence-electron chi connectivity index (χ4n) is 7.02. The van der Waals surface area contributed by atoms with Crippen LogP contribution < -0.4 is 0 Å². The summed E-state index contributed by atoms with van der Waals surface area (Å²) in [6.45, 7) is 5.02. The lowest BCUT2D eigenvalue weighted by Crippen LogP contribution is -2.15. The minimum Gasteiger partial charge on any atom is -0.508 e. The Hall–Kier alpha value is -4.89. The number of fused-ring (bicyclic) bond motifs is 2. The van der Waals surface area contributed by atoms with Gasteiger partial charge in [-0.1, -0.05) is 35.2 Å². The van der Waals surface area contributed by atoms with Crippen molar-refractivity contribution < 1.29 is 32.2 Å². The van der Waals surface area contributed by atoms with Crippen LogP contribution in [-0.2, 0) is 40.3 Å². The van der Waals surface area contributed by atoms with E-state index in [1.165, 1.54) is 26.0 Å². The molecule has 1 aliphatic carbocycles. The highest BCUT2D eigenvalue weighted by molar-refractivity contribution is 7.89. The Kier molecular flexibility index (Phi) is 10.4. The SMILES string of the molecule is CC1=C(CC(=O)C[C@@H](Cc2cc(F)cc(F)c2)c2nc(C#CC(C)(C)O)ccc2-c2ccc(Cl)c3c(CS(C)(=O)=O)nn(C)c23)c2cc(O)ccc2C1. The Balaban J connectivity index is 1.53. The summed E-state index contributed by atoms with van der Waals surface area (Å²) >= 11 is 6.68. The van der Waals surface area contributed by atoms with E-state index in [0.29, 0.717) is 50.4 Å². The van der Waals surface area contributed by atoms with Crippen LogP contribution in [0.25, 0.3) is 27.6 Å². The standard InChI is InChI=1S/C41H38ClF2N3O5S/c1-23-14-25-6-8-30(48)20-35(25)34(23)21-31(49)18-26(15-24-16-27(43)19-28(44)17-24)39-32(9-7-29(45-39)12-13-41(2,3)50)33-10-11-36(42)38-37(22-53(5,51)52)46-47(4)40(33)38/h6-11,16-17,19-20,26,48,50H,14-15,18,21-22H2,1-5H3/t26-/m1/s1. The van der Waals surface area contributed by atoms with Gasteiger partial charge in [0.1, 0.15) is 34.5 Å². The molecule has 1 aliphatic rings. The average Bonchev–Trinajstić information content (AvgIpc) is 3.53. The molecule has 6 rings (SSSR count). The second-order valence-corrected chi connectivity index (χ2v) is 16.8. The van der Waals surface area contributed by atoms with Crippen molar-refractivity contribution in [2.75, 3.05) is 6.26 Å². The molecule has 0 bridgehead atoms. The van der Waals surface area contributed by atoms with Crippen LogP contribution >= 0.6 is 11.6 Å². The van der Waals surface area contributed by atoms with Gasteiger partial charge in [-0.3, -0.25) is 9.48 Å². The van der Waals surface area contributed by atoms with E-state index in [9.17, 15) is 32.2 Å². The van der Waals surface area contributed by atoms with Crippen LogP contribution in [0.5, 0.6) is 5.75 Å². The van der Waals surface area contributed by atoms with E-state index < -0.39 is 33.0 Å². The lowest BCUT2D eigenvalue weighted by atomic mass is 9.84. The molecular weight excluding hydrogens is 720 g/mol. The monoisotopic (exact) mass is 757 g/mol. The number of ketones is 1. The predicted molar refractivity (Wildman–Crippen MR) is 202 cm³/mol. The fourth-order valence-corrected chi connectivity index (χ4v) is 7.98. The molecule has 1 atom stereocenters. The lowest BCUT2D eigenvalue weighted by molar-refractivity contribution is -0.118. The van der Waals surface area contributed by atoms with Crippen molar-refractivity contribution >= 4 is 43.7 Å². The molecule has 0 radical (unpaired) electrons. The molecule has 0 fully saturated rings. The summed E-state index contributed by atoms with van der Waals surface area (Å²) < 4.78 is 55.4. The zero-order valence-corrected chi connectivity index (χ0v) is 31.5. The molecule has 2 heterocycles. The molecular formula is C41H38ClF2N3O5S. The summed E-state index contributed by atoms with van der Waals surface area (Å²) in [6.07, 6.45) is 1.77. The molecule has 274 valence electrons. The number of nitrogens with zero attached hydrogens (tertiary/aromatic N) is 3. The third-order valence-electron chi connectivity index (χ3n) is 9.15. The first-order chi connectivity index (χ1) is 24.8. The number of aryl methyl sites for hydroxylation is 1. The number of phenolic OH excluding ortho intramolecular Hbond substituents is 1. The van der Waals surface area contributed by atoms with Crippen LogP contribution in [0, 0.1) is 23.5 Å². The number of halogens is 3. The molecule has 8 nitrogen and oxygen atoms in total. The molecule has 5 aromatic rings. The number of carbonyl (C=O) groups is 1. The Morgan fingerprint density at radius 2 is 1.74 bits per heavy atom. The number of aliphatic hydroxyl groups is 1. The summed E-state index contributed by atoms with van der Waals surface area (Å²) in [5, 5.41) is 25.8. The zero-order chi connectivity index (χ0) is 38.4. The van der Waals surface area contributed by atoms with Gasteiger partial charge in [-0.25, -0.2) is 22.2 Å². The maximum atomic E-state index is 14.6. The third kappa shape index (κ3) is 8.68. The maximum Gasteiger partial charge on any atom is 0.153 e. The van der Waals surface area contributed by atoms with Gasteiger partial charge < -0.3 is 10.2 Å². The van der Waals surface area contributed by atoms with Crippen molar-refractivity contribution in [3.05, 3.63) is 117 Å². The Bertz CT molecular complexity index is 2490. The second-order valence-electron chi connectivity index (χ2n) is 14.3. The molecule has 0 unspecified atom stereocenters. The summed E-state index contributed by atoms with van der Waals surface area (Å²) in [5.41, 5.74) is 5.26. The first-order valence-corrected chi connectivity index (χ1v) is 19.4. The Morgan fingerprint density at radius 1 is 1.04 bits per heavy atom. The molecule has 2 N–H and O–H groups in total. The number of rotatable bonds is 10. The van der Waals surface area contributed by atoms with Crippen molar-refractivity contribution in [1.82, 2.24) is 14.8 Å². The van der Waals surface area contributed by atoms with E-state index in [2.05, 4.69) is 16.9 Å². The minimum absolute atomic E-state index is 0.0274. The number of pyridine rings is 1. The van der Waals surface area contributed by atoms with Crippen LogP contribution in [0.3, 0.4) is 0 Å². The van der Waals surface area contributed by atoms with Gasteiger partial charge in [0, 0.05) is 54.6 Å². The number of sulfone groups is 1. The van der Waals surface area contributed by atoms with Crippen LogP contribution in [0.1, 0.15) is 73.3 Å². The summed E-state index contributed by atoms with van der Waals surface area (Å²) in [6, 6.07) is 15.2.